The maximum absolute atomic E-state index is 9.44. The van der Waals surface area contributed by atoms with Crippen LogP contribution in [-0.2, 0) is 0 Å². The summed E-state index contributed by atoms with van der Waals surface area (Å²) < 4.78 is 6.06. The van der Waals surface area contributed by atoms with Gasteiger partial charge in [-0.1, -0.05) is 72.8 Å². The lowest BCUT2D eigenvalue weighted by molar-refractivity contribution is 0.620. The first-order chi connectivity index (χ1) is 23.3. The fourth-order valence-corrected chi connectivity index (χ4v) is 6.11. The van der Waals surface area contributed by atoms with Crippen LogP contribution in [0.15, 0.2) is 174 Å². The second kappa shape index (κ2) is 12.0. The van der Waals surface area contributed by atoms with Gasteiger partial charge >= 0.3 is 0 Å². The first kappa shape index (κ1) is 27.9. The molecule has 0 saturated heterocycles. The summed E-state index contributed by atoms with van der Waals surface area (Å²) in [5.74, 6) is 0.600. The van der Waals surface area contributed by atoms with Gasteiger partial charge in [0.25, 0.3) is 0 Å². The highest BCUT2D eigenvalue weighted by atomic mass is 16.3. The van der Waals surface area contributed by atoms with E-state index in [1.54, 1.807) is 0 Å². The Morgan fingerprint density at radius 3 is 1.49 bits per heavy atom. The molecule has 7 aromatic carbocycles. The second-order valence-corrected chi connectivity index (χ2v) is 11.2. The number of hydrogen-bond acceptors (Lipinski definition) is 5. The van der Waals surface area contributed by atoms with Crippen LogP contribution in [0.25, 0.3) is 33.3 Å². The highest BCUT2D eigenvalue weighted by Gasteiger charge is 2.20. The smallest absolute Gasteiger partial charge is 0.227 e. The molecule has 5 nitrogen and oxygen atoms in total. The molecule has 47 heavy (non-hydrogen) atoms. The second-order valence-electron chi connectivity index (χ2n) is 11.2. The number of benzene rings is 7. The maximum atomic E-state index is 9.44. The van der Waals surface area contributed by atoms with Gasteiger partial charge in [-0.05, 0) is 97.1 Å². The van der Waals surface area contributed by atoms with Gasteiger partial charge in [-0.25, -0.2) is 4.98 Å². The van der Waals surface area contributed by atoms with Crippen LogP contribution in [0.5, 0.6) is 0 Å². The van der Waals surface area contributed by atoms with Crippen molar-refractivity contribution in [3.8, 4) is 17.5 Å². The van der Waals surface area contributed by atoms with Crippen LogP contribution in [0, 0.1) is 11.3 Å². The predicted molar refractivity (Wildman–Crippen MR) is 191 cm³/mol. The summed E-state index contributed by atoms with van der Waals surface area (Å²) in [7, 11) is 0. The van der Waals surface area contributed by atoms with Crippen LogP contribution < -0.4 is 9.80 Å². The van der Waals surface area contributed by atoms with Gasteiger partial charge in [-0.15, -0.1) is 0 Å². The fraction of sp³-hybridized carbons (Fsp3) is 0. The van der Waals surface area contributed by atoms with E-state index in [4.69, 9.17) is 9.40 Å². The SMILES string of the molecule is N#Cc1ccc(N(c2ccccc2)c2cccc3c(N(c4ccccc4)c4ccc(-c5nc6ccccc6o5)cc4)cccc23)cc1. The first-order valence-electron chi connectivity index (χ1n) is 15.5. The van der Waals surface area contributed by atoms with E-state index in [0.29, 0.717) is 11.5 Å². The number of oxazole rings is 1. The minimum Gasteiger partial charge on any atom is -0.436 e. The molecule has 0 amide bonds. The Morgan fingerprint density at radius 1 is 0.468 bits per heavy atom. The summed E-state index contributed by atoms with van der Waals surface area (Å²) >= 11 is 0. The van der Waals surface area contributed by atoms with E-state index in [-0.39, 0.29) is 0 Å². The van der Waals surface area contributed by atoms with Crippen molar-refractivity contribution in [1.29, 1.82) is 5.26 Å². The zero-order valence-electron chi connectivity index (χ0n) is 25.4. The lowest BCUT2D eigenvalue weighted by atomic mass is 10.0. The molecule has 8 aromatic rings. The summed E-state index contributed by atoms with van der Waals surface area (Å²) in [5.41, 5.74) is 9.32. The lowest BCUT2D eigenvalue weighted by Gasteiger charge is -2.29. The van der Waals surface area contributed by atoms with Crippen molar-refractivity contribution in [2.45, 2.75) is 0 Å². The van der Waals surface area contributed by atoms with Gasteiger partial charge < -0.3 is 14.2 Å². The number of hydrogen-bond donors (Lipinski definition) is 0. The Balaban J connectivity index is 1.27. The average molecular weight is 605 g/mol. The molecule has 0 N–H and O–H groups in total. The van der Waals surface area contributed by atoms with Crippen LogP contribution in [0.1, 0.15) is 5.56 Å². The number of para-hydroxylation sites is 4. The van der Waals surface area contributed by atoms with Gasteiger partial charge in [0.1, 0.15) is 5.52 Å². The summed E-state index contributed by atoms with van der Waals surface area (Å²) in [6, 6.07) is 59.8. The van der Waals surface area contributed by atoms with Crippen molar-refractivity contribution in [2.75, 3.05) is 9.80 Å². The number of anilines is 6. The molecular weight excluding hydrogens is 576 g/mol. The zero-order chi connectivity index (χ0) is 31.6. The van der Waals surface area contributed by atoms with Gasteiger partial charge in [-0.3, -0.25) is 0 Å². The highest BCUT2D eigenvalue weighted by Crippen LogP contribution is 2.44. The van der Waals surface area contributed by atoms with Crippen molar-refractivity contribution in [1.82, 2.24) is 4.98 Å². The summed E-state index contributed by atoms with van der Waals surface area (Å²) in [6.45, 7) is 0. The van der Waals surface area contributed by atoms with Crippen LogP contribution in [0.4, 0.5) is 34.1 Å². The lowest BCUT2D eigenvalue weighted by Crippen LogP contribution is -2.12. The Bertz CT molecular complexity index is 2330. The average Bonchev–Trinajstić information content (AvgIpc) is 3.58. The van der Waals surface area contributed by atoms with Crippen molar-refractivity contribution in [3.63, 3.8) is 0 Å². The largest absolute Gasteiger partial charge is 0.436 e. The Kier molecular flexibility index (Phi) is 7.14. The predicted octanol–water partition coefficient (Wildman–Crippen LogP) is 11.5. The molecule has 1 aromatic heterocycles. The molecule has 5 heteroatoms. The van der Waals surface area contributed by atoms with Crippen molar-refractivity contribution in [2.24, 2.45) is 0 Å². The zero-order valence-corrected chi connectivity index (χ0v) is 25.4. The number of rotatable bonds is 7. The van der Waals surface area contributed by atoms with Crippen molar-refractivity contribution >= 4 is 56.0 Å². The van der Waals surface area contributed by atoms with Crippen LogP contribution >= 0.6 is 0 Å². The summed E-state index contributed by atoms with van der Waals surface area (Å²) in [4.78, 5) is 9.23. The first-order valence-corrected chi connectivity index (χ1v) is 15.5. The number of fused-ring (bicyclic) bond motifs is 2. The quantitative estimate of drug-likeness (QED) is 0.181. The standard InChI is InChI=1S/C42H28N4O/c43-29-30-21-25-34(26-22-30)45(32-11-3-1-4-12-32)39-18-9-16-37-36(39)15-10-19-40(37)46(33-13-5-2-6-14-33)35-27-23-31(24-28-35)42-44-38-17-7-8-20-41(38)47-42/h1-28H. The van der Waals surface area contributed by atoms with E-state index in [2.05, 4.69) is 113 Å². The normalized spacial score (nSPS) is 11.0. The van der Waals surface area contributed by atoms with Gasteiger partial charge in [0, 0.05) is 39.1 Å². The van der Waals surface area contributed by atoms with E-state index in [1.165, 1.54) is 0 Å². The molecule has 0 unspecified atom stereocenters. The molecule has 0 aliphatic rings. The Hall–Kier alpha value is -6.64. The van der Waals surface area contributed by atoms with E-state index in [0.717, 1.165) is 61.6 Å². The summed E-state index contributed by atoms with van der Waals surface area (Å²) in [5, 5.41) is 11.6. The van der Waals surface area contributed by atoms with Gasteiger partial charge in [0.05, 0.1) is 23.0 Å². The van der Waals surface area contributed by atoms with Gasteiger partial charge in [0.2, 0.25) is 5.89 Å². The molecule has 0 radical (unpaired) electrons. The Morgan fingerprint density at radius 2 is 0.957 bits per heavy atom. The number of nitrogens with zero attached hydrogens (tertiary/aromatic N) is 4. The third-order valence-electron chi connectivity index (χ3n) is 8.31. The Labute approximate surface area is 272 Å². The molecule has 0 spiro atoms. The third kappa shape index (κ3) is 5.24. The molecule has 8 rings (SSSR count). The number of aromatic nitrogens is 1. The van der Waals surface area contributed by atoms with E-state index < -0.39 is 0 Å². The fourth-order valence-electron chi connectivity index (χ4n) is 6.11. The van der Waals surface area contributed by atoms with E-state index >= 15 is 0 Å². The minimum absolute atomic E-state index is 0.600. The van der Waals surface area contributed by atoms with Crippen LogP contribution in [0.3, 0.4) is 0 Å². The molecule has 0 fully saturated rings. The number of nitriles is 1. The molecule has 0 saturated carbocycles. The molecule has 1 heterocycles. The summed E-state index contributed by atoms with van der Waals surface area (Å²) in [6.07, 6.45) is 0. The van der Waals surface area contributed by atoms with Crippen LogP contribution in [-0.4, -0.2) is 4.98 Å². The molecule has 222 valence electrons. The minimum atomic E-state index is 0.600. The van der Waals surface area contributed by atoms with Gasteiger partial charge in [0.15, 0.2) is 5.58 Å². The van der Waals surface area contributed by atoms with Crippen LogP contribution in [0.2, 0.25) is 0 Å². The molecule has 0 bridgehead atoms. The topological polar surface area (TPSA) is 56.3 Å². The highest BCUT2D eigenvalue weighted by molar-refractivity contribution is 6.06. The molecule has 0 atom stereocenters. The third-order valence-corrected chi connectivity index (χ3v) is 8.31. The van der Waals surface area contributed by atoms with E-state index in [1.807, 2.05) is 72.8 Å². The van der Waals surface area contributed by atoms with Crippen molar-refractivity contribution < 1.29 is 4.42 Å². The molecule has 0 aliphatic carbocycles. The molecule has 0 aliphatic heterocycles. The monoisotopic (exact) mass is 604 g/mol. The molecular formula is C42H28N4O. The van der Waals surface area contributed by atoms with E-state index in [9.17, 15) is 5.26 Å². The van der Waals surface area contributed by atoms with Gasteiger partial charge in [-0.2, -0.15) is 5.26 Å². The maximum Gasteiger partial charge on any atom is 0.227 e. The van der Waals surface area contributed by atoms with Crippen molar-refractivity contribution in [3.05, 3.63) is 175 Å².